The van der Waals surface area contributed by atoms with Crippen LogP contribution in [0.5, 0.6) is 5.75 Å². The van der Waals surface area contributed by atoms with Gasteiger partial charge in [-0.15, -0.1) is 0 Å². The molecule has 0 bridgehead atoms. The number of ether oxygens (including phenoxy) is 1. The summed E-state index contributed by atoms with van der Waals surface area (Å²) in [7, 11) is -2.51. The second-order valence-electron chi connectivity index (χ2n) is 5.97. The fourth-order valence-corrected chi connectivity index (χ4v) is 4.11. The first-order valence-corrected chi connectivity index (χ1v) is 9.02. The molecule has 0 spiro atoms. The Balaban J connectivity index is 2.03. The number of hydrogen-bond donors (Lipinski definition) is 2. The van der Waals surface area contributed by atoms with E-state index in [2.05, 4.69) is 14.9 Å². The minimum Gasteiger partial charge on any atom is -0.495 e. The molecule has 0 unspecified atom stereocenters. The van der Waals surface area contributed by atoms with Gasteiger partial charge in [-0.1, -0.05) is 6.07 Å². The van der Waals surface area contributed by atoms with Crippen molar-refractivity contribution in [2.45, 2.75) is 37.5 Å². The van der Waals surface area contributed by atoms with E-state index in [1.54, 1.807) is 6.92 Å². The first kappa shape index (κ1) is 16.3. The molecule has 7 nitrogen and oxygen atoms in total. The van der Waals surface area contributed by atoms with E-state index in [4.69, 9.17) is 4.74 Å². The molecule has 8 heteroatoms. The third-order valence-corrected chi connectivity index (χ3v) is 5.35. The van der Waals surface area contributed by atoms with E-state index < -0.39 is 10.0 Å². The lowest BCUT2D eigenvalue weighted by Gasteiger charge is -2.13. The van der Waals surface area contributed by atoms with Gasteiger partial charge < -0.3 is 4.74 Å². The number of aryl methyl sites for hydroxylation is 2. The molecule has 24 heavy (non-hydrogen) atoms. The molecule has 1 aliphatic rings. The summed E-state index contributed by atoms with van der Waals surface area (Å²) in [5, 5.41) is 16.1. The van der Waals surface area contributed by atoms with Gasteiger partial charge in [0.05, 0.1) is 12.8 Å². The predicted octanol–water partition coefficient (Wildman–Crippen LogP) is 2.59. The summed E-state index contributed by atoms with van der Waals surface area (Å²) in [6, 6.07) is 5.42. The van der Waals surface area contributed by atoms with Crippen molar-refractivity contribution in [3.05, 3.63) is 34.5 Å². The molecule has 1 aliphatic carbocycles. The standard InChI is InChI=1S/C16H18N4O3S/c1-9-6-10(2)15(23-3)13(7-9)24(21,22)20-16-12(8-17)14(18-19-16)11-4-5-11/h6-7,11H,4-5H2,1-3H3,(H2,18,19,20). The third-order valence-electron chi connectivity index (χ3n) is 4.00. The van der Waals surface area contributed by atoms with Crippen molar-refractivity contribution < 1.29 is 13.2 Å². The molecule has 126 valence electrons. The van der Waals surface area contributed by atoms with Gasteiger partial charge in [-0.05, 0) is 43.9 Å². The molecule has 1 aromatic carbocycles. The average Bonchev–Trinajstić information content (AvgIpc) is 3.28. The van der Waals surface area contributed by atoms with Crippen LogP contribution < -0.4 is 9.46 Å². The largest absolute Gasteiger partial charge is 0.495 e. The topological polar surface area (TPSA) is 108 Å². The monoisotopic (exact) mass is 346 g/mol. The number of H-pyrrole nitrogens is 1. The second kappa shape index (κ2) is 5.83. The summed E-state index contributed by atoms with van der Waals surface area (Å²) in [6.07, 6.45) is 1.96. The Labute approximate surface area is 140 Å². The van der Waals surface area contributed by atoms with Crippen LogP contribution in [-0.4, -0.2) is 25.7 Å². The fourth-order valence-electron chi connectivity index (χ4n) is 2.77. The van der Waals surface area contributed by atoms with Gasteiger partial charge in [0.15, 0.2) is 5.82 Å². The van der Waals surface area contributed by atoms with E-state index in [0.29, 0.717) is 5.69 Å². The number of anilines is 1. The quantitative estimate of drug-likeness (QED) is 0.865. The minimum atomic E-state index is -3.93. The zero-order chi connectivity index (χ0) is 17.5. The highest BCUT2D eigenvalue weighted by molar-refractivity contribution is 7.92. The Bertz CT molecular complexity index is 937. The van der Waals surface area contributed by atoms with Crippen molar-refractivity contribution in [2.24, 2.45) is 0 Å². The Morgan fingerprint density at radius 3 is 2.67 bits per heavy atom. The van der Waals surface area contributed by atoms with Crippen molar-refractivity contribution in [2.75, 3.05) is 11.8 Å². The van der Waals surface area contributed by atoms with E-state index in [0.717, 1.165) is 24.0 Å². The van der Waals surface area contributed by atoms with Gasteiger partial charge >= 0.3 is 0 Å². The number of sulfonamides is 1. The van der Waals surface area contributed by atoms with E-state index in [1.165, 1.54) is 13.2 Å². The molecule has 0 saturated heterocycles. The van der Waals surface area contributed by atoms with Crippen LogP contribution in [-0.2, 0) is 10.0 Å². The lowest BCUT2D eigenvalue weighted by atomic mass is 10.1. The number of rotatable bonds is 5. The highest BCUT2D eigenvalue weighted by atomic mass is 32.2. The van der Waals surface area contributed by atoms with Gasteiger partial charge in [-0.3, -0.25) is 9.82 Å². The van der Waals surface area contributed by atoms with Crippen LogP contribution in [0.2, 0.25) is 0 Å². The number of aromatic amines is 1. The molecular weight excluding hydrogens is 328 g/mol. The van der Waals surface area contributed by atoms with Crippen molar-refractivity contribution in [3.8, 4) is 11.8 Å². The maximum Gasteiger partial charge on any atom is 0.266 e. The number of nitrogens with zero attached hydrogens (tertiary/aromatic N) is 2. The number of nitrogens with one attached hydrogen (secondary N) is 2. The van der Waals surface area contributed by atoms with E-state index in [1.807, 2.05) is 19.1 Å². The predicted molar refractivity (Wildman–Crippen MR) is 88.6 cm³/mol. The molecule has 0 aliphatic heterocycles. The summed E-state index contributed by atoms with van der Waals surface area (Å²) in [6.45, 7) is 3.59. The summed E-state index contributed by atoms with van der Waals surface area (Å²) < 4.78 is 33.3. The van der Waals surface area contributed by atoms with Crippen LogP contribution in [0.15, 0.2) is 17.0 Å². The van der Waals surface area contributed by atoms with Crippen molar-refractivity contribution in [1.82, 2.24) is 10.2 Å². The first-order chi connectivity index (χ1) is 11.4. The van der Waals surface area contributed by atoms with Gasteiger partial charge in [0.1, 0.15) is 22.3 Å². The summed E-state index contributed by atoms with van der Waals surface area (Å²) >= 11 is 0. The zero-order valence-corrected chi connectivity index (χ0v) is 14.5. The van der Waals surface area contributed by atoms with Crippen molar-refractivity contribution in [3.63, 3.8) is 0 Å². The number of aromatic nitrogens is 2. The van der Waals surface area contributed by atoms with Gasteiger partial charge in [0.25, 0.3) is 10.0 Å². The molecule has 1 heterocycles. The molecule has 0 atom stereocenters. The first-order valence-electron chi connectivity index (χ1n) is 7.53. The SMILES string of the molecule is COc1c(C)cc(C)cc1S(=O)(=O)Nc1n[nH]c(C2CC2)c1C#N. The van der Waals surface area contributed by atoms with Gasteiger partial charge in [0.2, 0.25) is 0 Å². The van der Waals surface area contributed by atoms with Crippen LogP contribution in [0.25, 0.3) is 0 Å². The summed E-state index contributed by atoms with van der Waals surface area (Å²) in [5.74, 6) is 0.575. The molecular formula is C16H18N4O3S. The Hall–Kier alpha value is -2.53. The van der Waals surface area contributed by atoms with E-state index in [9.17, 15) is 13.7 Å². The second-order valence-corrected chi connectivity index (χ2v) is 7.62. The smallest absolute Gasteiger partial charge is 0.266 e. The Morgan fingerprint density at radius 2 is 2.08 bits per heavy atom. The molecule has 2 N–H and O–H groups in total. The van der Waals surface area contributed by atoms with Crippen LogP contribution in [0.1, 0.15) is 41.1 Å². The molecule has 1 saturated carbocycles. The van der Waals surface area contributed by atoms with Gasteiger partial charge in [-0.2, -0.15) is 10.4 Å². The number of hydrogen-bond acceptors (Lipinski definition) is 5. The summed E-state index contributed by atoms with van der Waals surface area (Å²) in [4.78, 5) is 0.0300. The molecule has 1 fully saturated rings. The zero-order valence-electron chi connectivity index (χ0n) is 13.7. The highest BCUT2D eigenvalue weighted by Crippen LogP contribution is 2.42. The fraction of sp³-hybridized carbons (Fsp3) is 0.375. The van der Waals surface area contributed by atoms with Crippen LogP contribution in [0.4, 0.5) is 5.82 Å². The number of nitriles is 1. The highest BCUT2D eigenvalue weighted by Gasteiger charge is 2.31. The normalized spacial score (nSPS) is 14.2. The van der Waals surface area contributed by atoms with Crippen LogP contribution in [0, 0.1) is 25.2 Å². The maximum absolute atomic E-state index is 12.8. The molecule has 1 aromatic heterocycles. The number of methoxy groups -OCH3 is 1. The van der Waals surface area contributed by atoms with Crippen molar-refractivity contribution in [1.29, 1.82) is 5.26 Å². The lowest BCUT2D eigenvalue weighted by molar-refractivity contribution is 0.399. The molecule has 2 aromatic rings. The van der Waals surface area contributed by atoms with Gasteiger partial charge in [-0.25, -0.2) is 8.42 Å². The molecule has 0 amide bonds. The summed E-state index contributed by atoms with van der Waals surface area (Å²) in [5.41, 5.74) is 2.47. The molecule has 3 rings (SSSR count). The van der Waals surface area contributed by atoms with Crippen LogP contribution >= 0.6 is 0 Å². The molecule has 0 radical (unpaired) electrons. The minimum absolute atomic E-state index is 0.0283. The third kappa shape index (κ3) is 2.83. The van der Waals surface area contributed by atoms with Gasteiger partial charge in [0, 0.05) is 5.92 Å². The Morgan fingerprint density at radius 1 is 1.38 bits per heavy atom. The lowest BCUT2D eigenvalue weighted by Crippen LogP contribution is -2.16. The number of benzene rings is 1. The van der Waals surface area contributed by atoms with Crippen LogP contribution in [0.3, 0.4) is 0 Å². The van der Waals surface area contributed by atoms with E-state index in [-0.39, 0.29) is 27.9 Å². The average molecular weight is 346 g/mol. The maximum atomic E-state index is 12.8. The Kier molecular flexibility index (Phi) is 3.97. The van der Waals surface area contributed by atoms with E-state index >= 15 is 0 Å². The van der Waals surface area contributed by atoms with Crippen molar-refractivity contribution >= 4 is 15.8 Å².